The second-order valence-corrected chi connectivity index (χ2v) is 10.7. The van der Waals surface area contributed by atoms with Crippen molar-refractivity contribution in [2.45, 2.75) is 37.6 Å². The van der Waals surface area contributed by atoms with Crippen LogP contribution in [0.2, 0.25) is 0 Å². The Bertz CT molecular complexity index is 1360. The van der Waals surface area contributed by atoms with Crippen LogP contribution in [0.5, 0.6) is 0 Å². The van der Waals surface area contributed by atoms with Gasteiger partial charge in [0.1, 0.15) is 5.71 Å². The molecule has 5 rings (SSSR count). The normalized spacial score (nSPS) is 17.9. The SMILES string of the molecule is Cc1ccc(N=C2C(=O)N(Cc3ccccc3)c3ccccc32)cc1S(=O)(=O)N1CCCCC1. The Morgan fingerprint density at radius 3 is 2.35 bits per heavy atom. The number of hydrogen-bond acceptors (Lipinski definition) is 4. The Balaban J connectivity index is 1.52. The van der Waals surface area contributed by atoms with Crippen LogP contribution in [0.1, 0.15) is 36.0 Å². The molecule has 2 heterocycles. The van der Waals surface area contributed by atoms with Gasteiger partial charge in [-0.05, 0) is 49.1 Å². The molecule has 174 valence electrons. The van der Waals surface area contributed by atoms with E-state index in [9.17, 15) is 13.2 Å². The average Bonchev–Trinajstić information content (AvgIpc) is 3.12. The van der Waals surface area contributed by atoms with Gasteiger partial charge in [-0.1, -0.05) is 61.0 Å². The van der Waals surface area contributed by atoms with Gasteiger partial charge in [0, 0.05) is 18.7 Å². The smallest absolute Gasteiger partial charge is 0.277 e. The van der Waals surface area contributed by atoms with Gasteiger partial charge in [-0.2, -0.15) is 4.31 Å². The molecule has 2 aliphatic heterocycles. The molecule has 2 aliphatic rings. The van der Waals surface area contributed by atoms with Gasteiger partial charge in [-0.15, -0.1) is 0 Å². The molecule has 6 nitrogen and oxygen atoms in total. The topological polar surface area (TPSA) is 70.0 Å². The molecule has 0 radical (unpaired) electrons. The van der Waals surface area contributed by atoms with Gasteiger partial charge >= 0.3 is 0 Å². The number of piperidine rings is 1. The first-order chi connectivity index (χ1) is 16.4. The fourth-order valence-corrected chi connectivity index (χ4v) is 6.36. The van der Waals surface area contributed by atoms with E-state index in [1.54, 1.807) is 34.3 Å². The first kappa shape index (κ1) is 22.5. The molecule has 34 heavy (non-hydrogen) atoms. The van der Waals surface area contributed by atoms with Crippen LogP contribution >= 0.6 is 0 Å². The molecule has 0 aliphatic carbocycles. The Hall–Kier alpha value is -3.29. The van der Waals surface area contributed by atoms with E-state index in [-0.39, 0.29) is 10.8 Å². The highest BCUT2D eigenvalue weighted by atomic mass is 32.2. The number of sulfonamides is 1. The van der Waals surface area contributed by atoms with Crippen LogP contribution in [0.4, 0.5) is 11.4 Å². The first-order valence-electron chi connectivity index (χ1n) is 11.6. The zero-order valence-electron chi connectivity index (χ0n) is 19.1. The van der Waals surface area contributed by atoms with Gasteiger partial charge in [0.2, 0.25) is 10.0 Å². The summed E-state index contributed by atoms with van der Waals surface area (Å²) in [5.74, 6) is -0.189. The van der Waals surface area contributed by atoms with Crippen molar-refractivity contribution < 1.29 is 13.2 Å². The molecule has 0 atom stereocenters. The lowest BCUT2D eigenvalue weighted by Crippen LogP contribution is -2.35. The van der Waals surface area contributed by atoms with Crippen LogP contribution in [-0.4, -0.2) is 37.4 Å². The number of amides is 1. The third kappa shape index (κ3) is 4.17. The Morgan fingerprint density at radius 1 is 0.882 bits per heavy atom. The summed E-state index contributed by atoms with van der Waals surface area (Å²) in [6, 6.07) is 22.6. The minimum atomic E-state index is -3.61. The van der Waals surface area contributed by atoms with Crippen LogP contribution in [0.15, 0.2) is 82.7 Å². The predicted octanol–water partition coefficient (Wildman–Crippen LogP) is 4.84. The molecule has 0 N–H and O–H groups in total. The van der Waals surface area contributed by atoms with E-state index in [2.05, 4.69) is 4.99 Å². The summed E-state index contributed by atoms with van der Waals surface area (Å²) in [5, 5.41) is 0. The van der Waals surface area contributed by atoms with Crippen molar-refractivity contribution in [3.05, 3.63) is 89.5 Å². The molecular formula is C27H27N3O3S. The molecule has 3 aromatic rings. The van der Waals surface area contributed by atoms with Crippen LogP contribution in [0.3, 0.4) is 0 Å². The van der Waals surface area contributed by atoms with Crippen LogP contribution in [0, 0.1) is 6.92 Å². The highest BCUT2D eigenvalue weighted by Gasteiger charge is 2.34. The number of fused-ring (bicyclic) bond motifs is 1. The lowest BCUT2D eigenvalue weighted by Gasteiger charge is -2.26. The number of rotatable bonds is 5. The number of hydrogen-bond donors (Lipinski definition) is 0. The third-order valence-corrected chi connectivity index (χ3v) is 8.47. The summed E-state index contributed by atoms with van der Waals surface area (Å²) >= 11 is 0. The van der Waals surface area contributed by atoms with E-state index >= 15 is 0 Å². The Morgan fingerprint density at radius 2 is 1.59 bits per heavy atom. The van der Waals surface area contributed by atoms with E-state index in [1.807, 2.05) is 54.6 Å². The summed E-state index contributed by atoms with van der Waals surface area (Å²) in [5.41, 5.74) is 4.06. The average molecular weight is 474 g/mol. The molecule has 3 aromatic carbocycles. The van der Waals surface area contributed by atoms with E-state index in [0.29, 0.717) is 36.6 Å². The van der Waals surface area contributed by atoms with Crippen molar-refractivity contribution in [1.29, 1.82) is 0 Å². The summed E-state index contributed by atoms with van der Waals surface area (Å²) in [7, 11) is -3.61. The van der Waals surface area contributed by atoms with Crippen molar-refractivity contribution in [3.8, 4) is 0 Å². The summed E-state index contributed by atoms with van der Waals surface area (Å²) in [6.07, 6.45) is 2.81. The van der Waals surface area contributed by atoms with Gasteiger partial charge < -0.3 is 4.90 Å². The Kier molecular flexibility index (Phi) is 6.06. The van der Waals surface area contributed by atoms with E-state index < -0.39 is 10.0 Å². The minimum absolute atomic E-state index is 0.189. The minimum Gasteiger partial charge on any atom is -0.302 e. The molecule has 0 aromatic heterocycles. The van der Waals surface area contributed by atoms with Crippen molar-refractivity contribution in [2.24, 2.45) is 4.99 Å². The monoisotopic (exact) mass is 473 g/mol. The summed E-state index contributed by atoms with van der Waals surface area (Å²) in [6.45, 7) is 3.32. The fourth-order valence-electron chi connectivity index (χ4n) is 4.60. The maximum Gasteiger partial charge on any atom is 0.277 e. The zero-order chi connectivity index (χ0) is 23.7. The molecule has 7 heteroatoms. The maximum absolute atomic E-state index is 13.4. The maximum atomic E-state index is 13.4. The lowest BCUT2D eigenvalue weighted by molar-refractivity contribution is -0.112. The fraction of sp³-hybridized carbons (Fsp3) is 0.259. The number of nitrogens with zero attached hydrogens (tertiary/aromatic N) is 3. The highest BCUT2D eigenvalue weighted by molar-refractivity contribution is 7.89. The van der Waals surface area contributed by atoms with Crippen LogP contribution in [0.25, 0.3) is 0 Å². The molecule has 0 bridgehead atoms. The standard InChI is InChI=1S/C27H27N3O3S/c1-20-14-15-22(18-25(20)34(32,33)29-16-8-3-9-17-29)28-26-23-12-6-7-13-24(23)30(27(26)31)19-21-10-4-2-5-11-21/h2,4-7,10-15,18H,3,8-9,16-17,19H2,1H3. The molecule has 0 saturated carbocycles. The van der Waals surface area contributed by atoms with E-state index in [1.165, 1.54) is 0 Å². The van der Waals surface area contributed by atoms with Gasteiger partial charge in [0.05, 0.1) is 22.8 Å². The van der Waals surface area contributed by atoms with Crippen LogP contribution < -0.4 is 4.90 Å². The molecule has 1 amide bonds. The van der Waals surface area contributed by atoms with Gasteiger partial charge in [-0.25, -0.2) is 13.4 Å². The molecule has 0 unspecified atom stereocenters. The molecular weight excluding hydrogens is 446 g/mol. The second-order valence-electron chi connectivity index (χ2n) is 8.77. The Labute approximate surface area is 200 Å². The van der Waals surface area contributed by atoms with E-state index in [4.69, 9.17) is 0 Å². The van der Waals surface area contributed by atoms with Gasteiger partial charge in [0.25, 0.3) is 5.91 Å². The third-order valence-electron chi connectivity index (χ3n) is 6.43. The molecule has 1 fully saturated rings. The zero-order valence-corrected chi connectivity index (χ0v) is 20.0. The lowest BCUT2D eigenvalue weighted by atomic mass is 10.1. The number of carbonyl (C=O) groups excluding carboxylic acids is 1. The number of aryl methyl sites for hydroxylation is 1. The predicted molar refractivity (Wildman–Crippen MR) is 134 cm³/mol. The number of aliphatic imine (C=N–C) groups is 1. The summed E-state index contributed by atoms with van der Waals surface area (Å²) < 4.78 is 28.2. The number of anilines is 1. The highest BCUT2D eigenvalue weighted by Crippen LogP contribution is 2.33. The molecule has 1 saturated heterocycles. The number of para-hydroxylation sites is 1. The summed E-state index contributed by atoms with van der Waals surface area (Å²) in [4.78, 5) is 20.1. The number of benzene rings is 3. The van der Waals surface area contributed by atoms with E-state index in [0.717, 1.165) is 36.1 Å². The second kappa shape index (κ2) is 9.16. The van der Waals surface area contributed by atoms with Crippen molar-refractivity contribution in [3.63, 3.8) is 0 Å². The molecule has 0 spiro atoms. The van der Waals surface area contributed by atoms with Gasteiger partial charge in [0.15, 0.2) is 0 Å². The van der Waals surface area contributed by atoms with Gasteiger partial charge in [-0.3, -0.25) is 4.79 Å². The largest absolute Gasteiger partial charge is 0.302 e. The quantitative estimate of drug-likeness (QED) is 0.533. The van der Waals surface area contributed by atoms with Crippen molar-refractivity contribution in [2.75, 3.05) is 18.0 Å². The van der Waals surface area contributed by atoms with Crippen molar-refractivity contribution >= 4 is 33.0 Å². The number of carbonyl (C=O) groups is 1. The van der Waals surface area contributed by atoms with Crippen molar-refractivity contribution in [1.82, 2.24) is 4.31 Å². The first-order valence-corrected chi connectivity index (χ1v) is 13.0. The van der Waals surface area contributed by atoms with Crippen LogP contribution in [-0.2, 0) is 21.4 Å².